The monoisotopic (exact) mass is 269 g/mol. The van der Waals surface area contributed by atoms with E-state index in [9.17, 15) is 9.59 Å². The molecule has 1 atom stereocenters. The van der Waals surface area contributed by atoms with Crippen LogP contribution in [0.2, 0.25) is 0 Å². The quantitative estimate of drug-likeness (QED) is 0.852. The van der Waals surface area contributed by atoms with E-state index in [1.807, 2.05) is 7.05 Å². The van der Waals surface area contributed by atoms with Gasteiger partial charge in [-0.25, -0.2) is 9.78 Å². The number of likely N-dealkylation sites (N-methyl/N-ethyl adjacent to an activating group) is 1. The summed E-state index contributed by atoms with van der Waals surface area (Å²) in [6.45, 7) is 4.22. The molecule has 7 heteroatoms. The van der Waals surface area contributed by atoms with Crippen molar-refractivity contribution in [1.82, 2.24) is 14.8 Å². The number of thiazole rings is 1. The first-order valence-corrected chi connectivity index (χ1v) is 6.49. The predicted molar refractivity (Wildman–Crippen MR) is 67.1 cm³/mol. The Morgan fingerprint density at radius 3 is 2.78 bits per heavy atom. The van der Waals surface area contributed by atoms with Gasteiger partial charge in [-0.3, -0.25) is 4.79 Å². The van der Waals surface area contributed by atoms with Crippen LogP contribution in [0, 0.1) is 0 Å². The molecule has 0 saturated carbocycles. The highest BCUT2D eigenvalue weighted by atomic mass is 32.1. The van der Waals surface area contributed by atoms with E-state index in [-0.39, 0.29) is 10.9 Å². The summed E-state index contributed by atoms with van der Waals surface area (Å²) < 4.78 is 0. The molecule has 1 N–H and O–H groups in total. The van der Waals surface area contributed by atoms with Gasteiger partial charge in [0.05, 0.1) is 6.20 Å². The van der Waals surface area contributed by atoms with E-state index in [1.165, 1.54) is 6.20 Å². The molecule has 2 heterocycles. The zero-order valence-electron chi connectivity index (χ0n) is 10.3. The van der Waals surface area contributed by atoms with Crippen molar-refractivity contribution in [2.45, 2.75) is 13.0 Å². The number of aromatic carboxylic acids is 1. The molecule has 0 radical (unpaired) electrons. The van der Waals surface area contributed by atoms with E-state index >= 15 is 0 Å². The molecule has 2 rings (SSSR count). The molecule has 1 amide bonds. The first-order chi connectivity index (χ1) is 8.49. The van der Waals surface area contributed by atoms with Crippen LogP contribution in [0.4, 0.5) is 0 Å². The zero-order valence-corrected chi connectivity index (χ0v) is 11.1. The highest BCUT2D eigenvalue weighted by Gasteiger charge is 2.26. The maximum absolute atomic E-state index is 12.2. The van der Waals surface area contributed by atoms with Crippen LogP contribution in [0.3, 0.4) is 0 Å². The van der Waals surface area contributed by atoms with Gasteiger partial charge < -0.3 is 14.9 Å². The summed E-state index contributed by atoms with van der Waals surface area (Å²) in [5.41, 5.74) is 0. The van der Waals surface area contributed by atoms with Crippen molar-refractivity contribution >= 4 is 23.2 Å². The van der Waals surface area contributed by atoms with Crippen LogP contribution >= 0.6 is 11.3 Å². The smallest absolute Gasteiger partial charge is 0.365 e. The van der Waals surface area contributed by atoms with Crippen LogP contribution in [0.5, 0.6) is 0 Å². The number of aromatic nitrogens is 1. The van der Waals surface area contributed by atoms with Gasteiger partial charge in [-0.1, -0.05) is 0 Å². The Morgan fingerprint density at radius 1 is 1.50 bits per heavy atom. The lowest BCUT2D eigenvalue weighted by Crippen LogP contribution is -2.51. The maximum Gasteiger partial charge on any atom is 0.365 e. The summed E-state index contributed by atoms with van der Waals surface area (Å²) in [6.07, 6.45) is 1.35. The Balaban J connectivity index is 2.09. The molecule has 0 aromatic carbocycles. The second-order valence-electron chi connectivity index (χ2n) is 4.42. The minimum absolute atomic E-state index is 0.0412. The Bertz CT molecular complexity index is 474. The first kappa shape index (κ1) is 13.0. The van der Waals surface area contributed by atoms with Gasteiger partial charge in [0.15, 0.2) is 0 Å². The predicted octanol–water partition coefficient (Wildman–Crippen LogP) is 0.617. The van der Waals surface area contributed by atoms with Crippen molar-refractivity contribution in [3.05, 3.63) is 16.1 Å². The van der Waals surface area contributed by atoms with Gasteiger partial charge >= 0.3 is 5.97 Å². The number of amides is 1. The number of carbonyl (C=O) groups excluding carboxylic acids is 1. The largest absolute Gasteiger partial charge is 0.476 e. The van der Waals surface area contributed by atoms with Gasteiger partial charge in [0.1, 0.15) is 4.88 Å². The van der Waals surface area contributed by atoms with Gasteiger partial charge in [0.2, 0.25) is 5.01 Å². The SMILES string of the molecule is CC1CN(C(=O)c2cnc(C(=O)O)s2)CCN1C. The lowest BCUT2D eigenvalue weighted by atomic mass is 10.2. The summed E-state index contributed by atoms with van der Waals surface area (Å²) in [5, 5.41) is 8.74. The fourth-order valence-electron chi connectivity index (χ4n) is 1.86. The third-order valence-corrected chi connectivity index (χ3v) is 4.12. The lowest BCUT2D eigenvalue weighted by molar-refractivity contribution is 0.0576. The topological polar surface area (TPSA) is 73.7 Å². The standard InChI is InChI=1S/C11H15N3O3S/c1-7-6-14(4-3-13(7)2)10(15)8-5-12-9(18-8)11(16)17/h5,7H,3-4,6H2,1-2H3,(H,16,17). The van der Waals surface area contributed by atoms with E-state index in [1.54, 1.807) is 4.90 Å². The zero-order chi connectivity index (χ0) is 13.3. The number of carboxylic acids is 1. The van der Waals surface area contributed by atoms with E-state index in [0.29, 0.717) is 24.0 Å². The third kappa shape index (κ3) is 2.51. The molecular weight excluding hydrogens is 254 g/mol. The van der Waals surface area contributed by atoms with Gasteiger partial charge in [0.25, 0.3) is 5.91 Å². The molecule has 0 spiro atoms. The van der Waals surface area contributed by atoms with E-state index in [4.69, 9.17) is 5.11 Å². The van der Waals surface area contributed by atoms with Crippen LogP contribution in [-0.4, -0.2) is 64.5 Å². The maximum atomic E-state index is 12.2. The van der Waals surface area contributed by atoms with Crippen molar-refractivity contribution in [3.8, 4) is 0 Å². The number of hydrogen-bond acceptors (Lipinski definition) is 5. The van der Waals surface area contributed by atoms with Crippen LogP contribution < -0.4 is 0 Å². The van der Waals surface area contributed by atoms with E-state index < -0.39 is 5.97 Å². The number of hydrogen-bond donors (Lipinski definition) is 1. The van der Waals surface area contributed by atoms with E-state index in [2.05, 4.69) is 16.8 Å². The number of carbonyl (C=O) groups is 2. The molecule has 1 aromatic rings. The van der Waals surface area contributed by atoms with Crippen LogP contribution in [0.15, 0.2) is 6.20 Å². The molecule has 1 aliphatic rings. The summed E-state index contributed by atoms with van der Waals surface area (Å²) in [5.74, 6) is -1.22. The molecular formula is C11H15N3O3S. The van der Waals surface area contributed by atoms with Crippen LogP contribution in [0.25, 0.3) is 0 Å². The summed E-state index contributed by atoms with van der Waals surface area (Å²) in [7, 11) is 2.03. The Morgan fingerprint density at radius 2 is 2.22 bits per heavy atom. The lowest BCUT2D eigenvalue weighted by Gasteiger charge is -2.37. The normalized spacial score (nSPS) is 21.0. The van der Waals surface area contributed by atoms with Gasteiger partial charge in [0, 0.05) is 25.7 Å². The summed E-state index contributed by atoms with van der Waals surface area (Å²) in [4.78, 5) is 31.0. The van der Waals surface area contributed by atoms with Crippen molar-refractivity contribution < 1.29 is 14.7 Å². The number of nitrogens with zero attached hydrogens (tertiary/aromatic N) is 3. The highest BCUT2D eigenvalue weighted by Crippen LogP contribution is 2.17. The molecule has 98 valence electrons. The minimum atomic E-state index is -1.09. The van der Waals surface area contributed by atoms with Crippen molar-refractivity contribution in [2.75, 3.05) is 26.7 Å². The molecule has 6 nitrogen and oxygen atoms in total. The Kier molecular flexibility index (Phi) is 3.63. The highest BCUT2D eigenvalue weighted by molar-refractivity contribution is 7.15. The minimum Gasteiger partial charge on any atom is -0.476 e. The van der Waals surface area contributed by atoms with Gasteiger partial charge in [-0.2, -0.15) is 0 Å². The molecule has 1 fully saturated rings. The van der Waals surface area contributed by atoms with E-state index in [0.717, 1.165) is 17.9 Å². The van der Waals surface area contributed by atoms with Crippen molar-refractivity contribution in [2.24, 2.45) is 0 Å². The van der Waals surface area contributed by atoms with Crippen LogP contribution in [-0.2, 0) is 0 Å². The third-order valence-electron chi connectivity index (χ3n) is 3.15. The second-order valence-corrected chi connectivity index (χ2v) is 5.45. The molecule has 18 heavy (non-hydrogen) atoms. The molecule has 1 aromatic heterocycles. The summed E-state index contributed by atoms with van der Waals surface area (Å²) in [6, 6.07) is 0.314. The number of rotatable bonds is 2. The van der Waals surface area contributed by atoms with Crippen molar-refractivity contribution in [1.29, 1.82) is 0 Å². The van der Waals surface area contributed by atoms with Gasteiger partial charge in [-0.15, -0.1) is 11.3 Å². The Labute approximate surface area is 109 Å². The molecule has 0 bridgehead atoms. The number of piperazine rings is 1. The first-order valence-electron chi connectivity index (χ1n) is 5.67. The average molecular weight is 269 g/mol. The Hall–Kier alpha value is -1.47. The molecule has 1 saturated heterocycles. The average Bonchev–Trinajstić information content (AvgIpc) is 2.81. The van der Waals surface area contributed by atoms with Crippen LogP contribution in [0.1, 0.15) is 26.4 Å². The van der Waals surface area contributed by atoms with Crippen molar-refractivity contribution in [3.63, 3.8) is 0 Å². The molecule has 0 aliphatic carbocycles. The van der Waals surface area contributed by atoms with Gasteiger partial charge in [-0.05, 0) is 14.0 Å². The molecule has 1 unspecified atom stereocenters. The number of carboxylic acid groups (broad SMARTS) is 1. The summed E-state index contributed by atoms with van der Waals surface area (Å²) >= 11 is 0.929. The second kappa shape index (κ2) is 5.03. The fraction of sp³-hybridized carbons (Fsp3) is 0.545. The molecule has 1 aliphatic heterocycles. The fourth-order valence-corrected chi connectivity index (χ4v) is 2.58.